The SMILES string of the molecule is CP(C)(=S)CP(CP(C)(C)=S)c1ccccc1S. The van der Waals surface area contributed by atoms with Gasteiger partial charge < -0.3 is 0 Å². The molecule has 0 nitrogen and oxygen atoms in total. The Balaban J connectivity index is 3.09. The fraction of sp³-hybridized carbons (Fsp3) is 0.500. The first-order chi connectivity index (χ1) is 8.08. The van der Waals surface area contributed by atoms with E-state index in [0.717, 1.165) is 16.7 Å². The lowest BCUT2D eigenvalue weighted by atomic mass is 10.4. The maximum absolute atomic E-state index is 5.67. The van der Waals surface area contributed by atoms with Gasteiger partial charge in [0.05, 0.1) is 0 Å². The van der Waals surface area contributed by atoms with E-state index in [-0.39, 0.29) is 7.92 Å². The largest absolute Gasteiger partial charge is 0.143 e. The van der Waals surface area contributed by atoms with Crippen LogP contribution < -0.4 is 5.30 Å². The fourth-order valence-electron chi connectivity index (χ4n) is 1.75. The van der Waals surface area contributed by atoms with Gasteiger partial charge in [-0.15, -0.1) is 12.6 Å². The van der Waals surface area contributed by atoms with Crippen molar-refractivity contribution in [2.45, 2.75) is 4.90 Å². The van der Waals surface area contributed by atoms with Crippen LogP contribution in [0.5, 0.6) is 0 Å². The maximum Gasteiger partial charge on any atom is 0.0117 e. The van der Waals surface area contributed by atoms with Gasteiger partial charge in [-0.05, 0) is 50.1 Å². The molecule has 0 spiro atoms. The second kappa shape index (κ2) is 6.84. The minimum absolute atomic E-state index is 0.239. The van der Waals surface area contributed by atoms with Crippen LogP contribution in [0.2, 0.25) is 0 Å². The zero-order valence-corrected chi connectivity index (χ0v) is 16.5. The van der Waals surface area contributed by atoms with Crippen LogP contribution in [0.4, 0.5) is 0 Å². The lowest BCUT2D eigenvalue weighted by Crippen LogP contribution is -2.08. The van der Waals surface area contributed by atoms with Crippen LogP contribution in [-0.4, -0.2) is 38.5 Å². The second-order valence-electron chi connectivity index (χ2n) is 5.46. The summed E-state index contributed by atoms with van der Waals surface area (Å²) in [5, 5.41) is 1.40. The van der Waals surface area contributed by atoms with Gasteiger partial charge in [0.1, 0.15) is 0 Å². The number of hydrogen-bond donors (Lipinski definition) is 1. The minimum atomic E-state index is -1.19. The molecule has 0 aliphatic heterocycles. The predicted octanol–water partition coefficient (Wildman–Crippen LogP) is 4.48. The molecule has 1 aromatic carbocycles. The molecule has 0 bridgehead atoms. The summed E-state index contributed by atoms with van der Waals surface area (Å²) in [7, 11) is -0.239. The summed E-state index contributed by atoms with van der Waals surface area (Å²) in [4.78, 5) is 1.11. The Kier molecular flexibility index (Phi) is 6.59. The Morgan fingerprint density at radius 1 is 1.00 bits per heavy atom. The summed E-state index contributed by atoms with van der Waals surface area (Å²) in [5.74, 6) is 2.32. The smallest absolute Gasteiger partial charge is 0.0117 e. The summed E-state index contributed by atoms with van der Waals surface area (Å²) in [5.41, 5.74) is 0. The molecule has 0 saturated heterocycles. The molecule has 0 saturated carbocycles. The van der Waals surface area contributed by atoms with Crippen molar-refractivity contribution in [1.82, 2.24) is 0 Å². The molecule has 6 heteroatoms. The van der Waals surface area contributed by atoms with Crippen molar-refractivity contribution in [2.75, 3.05) is 38.5 Å². The van der Waals surface area contributed by atoms with Gasteiger partial charge >= 0.3 is 0 Å². The van der Waals surface area contributed by atoms with Crippen LogP contribution in [-0.2, 0) is 23.6 Å². The quantitative estimate of drug-likeness (QED) is 0.612. The molecule has 0 unspecified atom stereocenters. The Morgan fingerprint density at radius 2 is 1.44 bits per heavy atom. The Labute approximate surface area is 129 Å². The highest BCUT2D eigenvalue weighted by Gasteiger charge is 2.21. The minimum Gasteiger partial charge on any atom is -0.143 e. The van der Waals surface area contributed by atoms with Gasteiger partial charge in [0.2, 0.25) is 0 Å². The van der Waals surface area contributed by atoms with Crippen LogP contribution >= 0.6 is 32.6 Å². The van der Waals surface area contributed by atoms with Crippen LogP contribution in [0.1, 0.15) is 0 Å². The molecule has 1 aromatic rings. The molecule has 0 amide bonds. The molecule has 0 aliphatic carbocycles. The van der Waals surface area contributed by atoms with E-state index in [4.69, 9.17) is 23.6 Å². The highest BCUT2D eigenvalue weighted by Crippen LogP contribution is 2.59. The summed E-state index contributed by atoms with van der Waals surface area (Å²) >= 11 is 16.0. The van der Waals surface area contributed by atoms with E-state index in [1.807, 2.05) is 6.07 Å². The van der Waals surface area contributed by atoms with Crippen molar-refractivity contribution in [3.8, 4) is 0 Å². The first-order valence-corrected chi connectivity index (χ1v) is 15.6. The first-order valence-electron chi connectivity index (χ1n) is 5.69. The average molecular weight is 354 g/mol. The maximum atomic E-state index is 5.67. The van der Waals surface area contributed by atoms with Crippen LogP contribution in [0.15, 0.2) is 29.2 Å². The summed E-state index contributed by atoms with van der Waals surface area (Å²) < 4.78 is 0. The molecule has 0 fully saturated rings. The van der Waals surface area contributed by atoms with Crippen molar-refractivity contribution < 1.29 is 0 Å². The predicted molar refractivity (Wildman–Crippen MR) is 102 cm³/mol. The van der Waals surface area contributed by atoms with E-state index in [1.54, 1.807) is 0 Å². The van der Waals surface area contributed by atoms with Gasteiger partial charge in [-0.1, -0.05) is 49.7 Å². The molecule has 0 aliphatic rings. The molecule has 1 rings (SSSR count). The summed E-state index contributed by atoms with van der Waals surface area (Å²) in [6.07, 6.45) is 0. The van der Waals surface area contributed by atoms with E-state index < -0.39 is 12.1 Å². The van der Waals surface area contributed by atoms with Gasteiger partial charge in [-0.2, -0.15) is 0 Å². The second-order valence-corrected chi connectivity index (χ2v) is 22.0. The van der Waals surface area contributed by atoms with E-state index in [2.05, 4.69) is 57.5 Å². The van der Waals surface area contributed by atoms with Gasteiger partial charge in [-0.25, -0.2) is 0 Å². The third kappa shape index (κ3) is 6.65. The van der Waals surface area contributed by atoms with E-state index in [9.17, 15) is 0 Å². The van der Waals surface area contributed by atoms with Gasteiger partial charge in [0.15, 0.2) is 0 Å². The Hall–Kier alpha value is 1.30. The van der Waals surface area contributed by atoms with Crippen molar-refractivity contribution in [1.29, 1.82) is 0 Å². The number of hydrogen-bond acceptors (Lipinski definition) is 3. The standard InChI is InChI=1S/C12H21P3S3/c1-14(2,17)9-13(10-15(3,4)18)11-7-5-6-8-12(11)16/h5-8,16H,9-10H2,1-4H3. The third-order valence-electron chi connectivity index (χ3n) is 2.24. The molecule has 0 radical (unpaired) electrons. The normalized spacial score (nSPS) is 13.0. The number of thiol groups is 1. The highest BCUT2D eigenvalue weighted by molar-refractivity contribution is 8.19. The zero-order valence-electron chi connectivity index (χ0n) is 11.3. The van der Waals surface area contributed by atoms with E-state index >= 15 is 0 Å². The van der Waals surface area contributed by atoms with Crippen molar-refractivity contribution in [3.63, 3.8) is 0 Å². The van der Waals surface area contributed by atoms with Crippen molar-refractivity contribution >= 4 is 61.5 Å². The third-order valence-corrected chi connectivity index (χ3v) is 14.1. The van der Waals surface area contributed by atoms with Crippen LogP contribution in [0.25, 0.3) is 0 Å². The molecule has 0 N–H and O–H groups in total. The highest BCUT2D eigenvalue weighted by atomic mass is 32.4. The van der Waals surface area contributed by atoms with Crippen LogP contribution in [0.3, 0.4) is 0 Å². The molecule has 102 valence electrons. The van der Waals surface area contributed by atoms with E-state index in [0.29, 0.717) is 0 Å². The van der Waals surface area contributed by atoms with Gasteiger partial charge in [0.25, 0.3) is 0 Å². The van der Waals surface area contributed by atoms with E-state index in [1.165, 1.54) is 5.30 Å². The van der Waals surface area contributed by atoms with Crippen molar-refractivity contribution in [3.05, 3.63) is 24.3 Å². The lowest BCUT2D eigenvalue weighted by molar-refractivity contribution is 1.54. The molecule has 18 heavy (non-hydrogen) atoms. The Bertz CT molecular complexity index is 477. The number of rotatable bonds is 5. The topological polar surface area (TPSA) is 0 Å². The number of benzene rings is 1. The zero-order chi connectivity index (χ0) is 14.0. The molecular weight excluding hydrogens is 333 g/mol. The molecule has 0 heterocycles. The van der Waals surface area contributed by atoms with Crippen molar-refractivity contribution in [2.24, 2.45) is 0 Å². The summed E-state index contributed by atoms with van der Waals surface area (Å²) in [6.45, 7) is 8.97. The lowest BCUT2D eigenvalue weighted by Gasteiger charge is -2.26. The molecule has 0 atom stereocenters. The molecular formula is C12H21P3S3. The van der Waals surface area contributed by atoms with Gasteiger partial charge in [0, 0.05) is 16.7 Å². The summed E-state index contributed by atoms with van der Waals surface area (Å²) in [6, 6.07) is 6.05. The fourth-order valence-corrected chi connectivity index (χ4v) is 14.5. The average Bonchev–Trinajstić information content (AvgIpc) is 2.12. The molecule has 0 aromatic heterocycles. The Morgan fingerprint density at radius 3 is 1.83 bits per heavy atom. The first kappa shape index (κ1) is 17.4. The van der Waals surface area contributed by atoms with Gasteiger partial charge in [-0.3, -0.25) is 0 Å². The van der Waals surface area contributed by atoms with Crippen LogP contribution in [0, 0.1) is 0 Å². The monoisotopic (exact) mass is 354 g/mol.